The molecule has 21 heavy (non-hydrogen) atoms. The molecule has 3 aromatic rings. The Balaban J connectivity index is 1.80. The zero-order chi connectivity index (χ0) is 14.7. The number of pyridine rings is 1. The molecule has 1 aromatic carbocycles. The molecule has 2 aromatic heterocycles. The summed E-state index contributed by atoms with van der Waals surface area (Å²) in [4.78, 5) is 15.9. The maximum atomic E-state index is 11.6. The standard InChI is InChI=1S/C15H13N3O3/c19-15-17(9-10-18(15)20)11-12-5-4-8-14(16-12)21-13-6-2-1-3-7-13/h1-10,20H,11H2. The van der Waals surface area contributed by atoms with Gasteiger partial charge in [0.1, 0.15) is 5.75 Å². The van der Waals surface area contributed by atoms with Crippen molar-refractivity contribution in [3.63, 3.8) is 0 Å². The molecule has 0 atom stereocenters. The van der Waals surface area contributed by atoms with Crippen molar-refractivity contribution in [3.05, 3.63) is 77.1 Å². The van der Waals surface area contributed by atoms with Crippen molar-refractivity contribution in [2.75, 3.05) is 0 Å². The lowest BCUT2D eigenvalue weighted by molar-refractivity contribution is 0.173. The van der Waals surface area contributed by atoms with Gasteiger partial charge in [-0.2, -0.15) is 0 Å². The van der Waals surface area contributed by atoms with Crippen molar-refractivity contribution >= 4 is 0 Å². The average Bonchev–Trinajstić information content (AvgIpc) is 2.81. The number of ether oxygens (including phenoxy) is 1. The molecule has 0 aliphatic heterocycles. The smallest absolute Gasteiger partial charge is 0.361 e. The molecular formula is C15H13N3O3. The van der Waals surface area contributed by atoms with Crippen LogP contribution in [0.15, 0.2) is 65.7 Å². The molecule has 0 bridgehead atoms. The van der Waals surface area contributed by atoms with Crippen LogP contribution in [-0.2, 0) is 6.54 Å². The van der Waals surface area contributed by atoms with Crippen LogP contribution in [0.2, 0.25) is 0 Å². The van der Waals surface area contributed by atoms with E-state index < -0.39 is 5.69 Å². The summed E-state index contributed by atoms with van der Waals surface area (Å²) in [6, 6.07) is 14.7. The van der Waals surface area contributed by atoms with Crippen molar-refractivity contribution in [2.24, 2.45) is 0 Å². The molecule has 0 spiro atoms. The molecule has 6 nitrogen and oxygen atoms in total. The Morgan fingerprint density at radius 1 is 1.05 bits per heavy atom. The van der Waals surface area contributed by atoms with Gasteiger partial charge < -0.3 is 9.94 Å². The maximum Gasteiger partial charge on any atom is 0.361 e. The summed E-state index contributed by atoms with van der Waals surface area (Å²) >= 11 is 0. The van der Waals surface area contributed by atoms with Gasteiger partial charge in [0.05, 0.1) is 18.4 Å². The zero-order valence-electron chi connectivity index (χ0n) is 11.1. The molecule has 0 unspecified atom stereocenters. The Bertz CT molecular complexity index is 793. The van der Waals surface area contributed by atoms with E-state index in [2.05, 4.69) is 4.98 Å². The molecular weight excluding hydrogens is 270 g/mol. The molecule has 3 rings (SSSR count). The number of aromatic nitrogens is 3. The maximum absolute atomic E-state index is 11.6. The zero-order valence-corrected chi connectivity index (χ0v) is 11.1. The number of hydrogen-bond acceptors (Lipinski definition) is 4. The van der Waals surface area contributed by atoms with E-state index in [4.69, 9.17) is 4.74 Å². The Morgan fingerprint density at radius 2 is 1.86 bits per heavy atom. The van der Waals surface area contributed by atoms with Crippen molar-refractivity contribution in [1.82, 2.24) is 14.3 Å². The minimum Gasteiger partial charge on any atom is -0.439 e. The molecule has 106 valence electrons. The topological polar surface area (TPSA) is 69.3 Å². The Labute approximate surface area is 120 Å². The molecule has 0 saturated carbocycles. The monoisotopic (exact) mass is 283 g/mol. The van der Waals surface area contributed by atoms with Gasteiger partial charge in [0, 0.05) is 12.3 Å². The van der Waals surface area contributed by atoms with Crippen LogP contribution in [0.25, 0.3) is 0 Å². The minimum atomic E-state index is -0.508. The fourth-order valence-electron chi connectivity index (χ4n) is 1.91. The molecule has 0 aliphatic rings. The number of hydrogen-bond donors (Lipinski definition) is 1. The third-order valence-electron chi connectivity index (χ3n) is 2.91. The molecule has 0 aliphatic carbocycles. The fraction of sp³-hybridized carbons (Fsp3) is 0.0667. The third-order valence-corrected chi connectivity index (χ3v) is 2.91. The highest BCUT2D eigenvalue weighted by molar-refractivity contribution is 5.27. The lowest BCUT2D eigenvalue weighted by atomic mass is 10.3. The van der Waals surface area contributed by atoms with Crippen LogP contribution in [0.5, 0.6) is 11.6 Å². The first kappa shape index (κ1) is 13.0. The average molecular weight is 283 g/mol. The van der Waals surface area contributed by atoms with Crippen LogP contribution in [-0.4, -0.2) is 19.5 Å². The van der Waals surface area contributed by atoms with E-state index in [0.717, 1.165) is 0 Å². The molecule has 0 fully saturated rings. The first-order valence-electron chi connectivity index (χ1n) is 6.38. The largest absolute Gasteiger partial charge is 0.439 e. The summed E-state index contributed by atoms with van der Waals surface area (Å²) in [6.45, 7) is 0.262. The second-order valence-electron chi connectivity index (χ2n) is 4.44. The molecule has 0 saturated heterocycles. The quantitative estimate of drug-likeness (QED) is 0.745. The van der Waals surface area contributed by atoms with E-state index in [1.54, 1.807) is 12.1 Å². The van der Waals surface area contributed by atoms with Crippen molar-refractivity contribution in [2.45, 2.75) is 6.54 Å². The minimum absolute atomic E-state index is 0.262. The summed E-state index contributed by atoms with van der Waals surface area (Å²) < 4.78 is 7.53. The Morgan fingerprint density at radius 3 is 2.57 bits per heavy atom. The molecule has 0 radical (unpaired) electrons. The van der Waals surface area contributed by atoms with Gasteiger partial charge in [-0.3, -0.25) is 4.57 Å². The van der Waals surface area contributed by atoms with E-state index in [1.165, 1.54) is 17.0 Å². The van der Waals surface area contributed by atoms with Gasteiger partial charge >= 0.3 is 5.69 Å². The highest BCUT2D eigenvalue weighted by Gasteiger charge is 2.05. The third kappa shape index (κ3) is 2.94. The van der Waals surface area contributed by atoms with Gasteiger partial charge in [-0.1, -0.05) is 24.3 Å². The second kappa shape index (κ2) is 5.54. The molecule has 2 heterocycles. The predicted molar refractivity (Wildman–Crippen MR) is 75.7 cm³/mol. The van der Waals surface area contributed by atoms with Crippen molar-refractivity contribution in [1.29, 1.82) is 0 Å². The molecule has 6 heteroatoms. The Hall–Kier alpha value is -3.02. The Kier molecular flexibility index (Phi) is 3.42. The SMILES string of the molecule is O=c1n(O)ccn1Cc1cccc(Oc2ccccc2)n1. The first-order valence-corrected chi connectivity index (χ1v) is 6.38. The fourth-order valence-corrected chi connectivity index (χ4v) is 1.91. The first-order chi connectivity index (χ1) is 10.2. The van der Waals surface area contributed by atoms with E-state index in [0.29, 0.717) is 22.1 Å². The van der Waals surface area contributed by atoms with Gasteiger partial charge in [0.25, 0.3) is 0 Å². The number of para-hydroxylation sites is 1. The highest BCUT2D eigenvalue weighted by Crippen LogP contribution is 2.18. The van der Waals surface area contributed by atoms with Gasteiger partial charge in [-0.05, 0) is 18.2 Å². The van der Waals surface area contributed by atoms with Crippen LogP contribution < -0.4 is 10.4 Å². The van der Waals surface area contributed by atoms with Crippen LogP contribution in [0.3, 0.4) is 0 Å². The van der Waals surface area contributed by atoms with Gasteiger partial charge in [-0.15, -0.1) is 4.73 Å². The number of benzene rings is 1. The predicted octanol–water partition coefficient (Wildman–Crippen LogP) is 2.12. The molecule has 1 N–H and O–H groups in total. The van der Waals surface area contributed by atoms with Gasteiger partial charge in [-0.25, -0.2) is 9.78 Å². The van der Waals surface area contributed by atoms with Crippen molar-refractivity contribution in [3.8, 4) is 11.6 Å². The second-order valence-corrected chi connectivity index (χ2v) is 4.44. The van der Waals surface area contributed by atoms with Crippen LogP contribution >= 0.6 is 0 Å². The summed E-state index contributed by atoms with van der Waals surface area (Å²) in [6.07, 6.45) is 2.78. The number of nitrogens with zero attached hydrogens (tertiary/aromatic N) is 3. The van der Waals surface area contributed by atoms with Gasteiger partial charge in [0.15, 0.2) is 0 Å². The highest BCUT2D eigenvalue weighted by atomic mass is 16.5. The van der Waals surface area contributed by atoms with E-state index >= 15 is 0 Å². The van der Waals surface area contributed by atoms with E-state index in [9.17, 15) is 10.0 Å². The summed E-state index contributed by atoms with van der Waals surface area (Å²) in [7, 11) is 0. The van der Waals surface area contributed by atoms with Gasteiger partial charge in [0.2, 0.25) is 5.88 Å². The normalized spacial score (nSPS) is 10.5. The van der Waals surface area contributed by atoms with Crippen LogP contribution in [0, 0.1) is 0 Å². The van der Waals surface area contributed by atoms with E-state index in [-0.39, 0.29) is 6.54 Å². The van der Waals surface area contributed by atoms with Crippen LogP contribution in [0.1, 0.15) is 5.69 Å². The number of imidazole rings is 1. The summed E-state index contributed by atoms with van der Waals surface area (Å²) in [5.74, 6) is 1.15. The lowest BCUT2D eigenvalue weighted by Gasteiger charge is -2.06. The lowest BCUT2D eigenvalue weighted by Crippen LogP contribution is -2.23. The number of rotatable bonds is 4. The van der Waals surface area contributed by atoms with E-state index in [1.807, 2.05) is 36.4 Å². The summed E-state index contributed by atoms with van der Waals surface area (Å²) in [5.41, 5.74) is 0.155. The summed E-state index contributed by atoms with van der Waals surface area (Å²) in [5, 5.41) is 9.21. The molecule has 0 amide bonds. The van der Waals surface area contributed by atoms with Crippen LogP contribution in [0.4, 0.5) is 0 Å². The van der Waals surface area contributed by atoms with Crippen molar-refractivity contribution < 1.29 is 9.94 Å².